The van der Waals surface area contributed by atoms with Crippen molar-refractivity contribution in [3.05, 3.63) is 57.2 Å². The first-order valence-corrected chi connectivity index (χ1v) is 8.83. The van der Waals surface area contributed by atoms with E-state index in [0.717, 1.165) is 29.3 Å². The lowest BCUT2D eigenvalue weighted by Gasteiger charge is -2.36. The van der Waals surface area contributed by atoms with Gasteiger partial charge in [0.05, 0.1) is 4.34 Å². The fraction of sp³-hybridized carbons (Fsp3) is 0.353. The van der Waals surface area contributed by atoms with Gasteiger partial charge in [0, 0.05) is 23.5 Å². The molecule has 1 saturated carbocycles. The monoisotopic (exact) mass is 350 g/mol. The molecule has 0 spiro atoms. The first-order valence-electron chi connectivity index (χ1n) is 7.64. The summed E-state index contributed by atoms with van der Waals surface area (Å²) in [6.45, 7) is 1.13. The number of amides is 1. The summed E-state index contributed by atoms with van der Waals surface area (Å²) in [6, 6.07) is 14.3. The van der Waals surface area contributed by atoms with Gasteiger partial charge in [0.2, 0.25) is 0 Å². The Labute approximate surface area is 144 Å². The minimum Gasteiger partial charge on any atom is -0.445 e. The van der Waals surface area contributed by atoms with E-state index in [9.17, 15) is 4.79 Å². The largest absolute Gasteiger partial charge is 0.445 e. The number of benzene rings is 1. The van der Waals surface area contributed by atoms with Crippen LogP contribution >= 0.6 is 22.9 Å². The third kappa shape index (κ3) is 4.96. The normalized spacial score (nSPS) is 19.9. The number of hydrogen-bond acceptors (Lipinski definition) is 4. The molecule has 23 heavy (non-hydrogen) atoms. The van der Waals surface area contributed by atoms with Crippen LogP contribution in [0.2, 0.25) is 4.34 Å². The molecule has 2 N–H and O–H groups in total. The number of carbonyl (C=O) groups excluding carboxylic acids is 1. The number of alkyl carbamates (subject to hydrolysis) is 1. The zero-order chi connectivity index (χ0) is 16.1. The number of carbonyl (C=O) groups is 1. The predicted octanol–water partition coefficient (Wildman–Crippen LogP) is 3.95. The Morgan fingerprint density at radius 3 is 2.65 bits per heavy atom. The Morgan fingerprint density at radius 2 is 1.96 bits per heavy atom. The van der Waals surface area contributed by atoms with E-state index in [1.165, 1.54) is 4.88 Å². The molecule has 4 nitrogen and oxygen atoms in total. The van der Waals surface area contributed by atoms with Gasteiger partial charge in [-0.3, -0.25) is 0 Å². The lowest BCUT2D eigenvalue weighted by molar-refractivity contribution is 0.125. The van der Waals surface area contributed by atoms with E-state index in [4.69, 9.17) is 16.3 Å². The van der Waals surface area contributed by atoms with Crippen molar-refractivity contribution < 1.29 is 9.53 Å². The highest BCUT2D eigenvalue weighted by Crippen LogP contribution is 2.24. The van der Waals surface area contributed by atoms with Crippen molar-refractivity contribution in [2.75, 3.05) is 0 Å². The number of ether oxygens (including phenoxy) is 1. The number of nitrogens with one attached hydrogen (secondary N) is 2. The molecule has 0 atom stereocenters. The van der Waals surface area contributed by atoms with Crippen LogP contribution in [0.15, 0.2) is 42.5 Å². The molecular formula is C17H19ClN2O2S. The number of hydrogen-bond donors (Lipinski definition) is 2. The highest BCUT2D eigenvalue weighted by atomic mass is 35.5. The van der Waals surface area contributed by atoms with E-state index in [1.807, 2.05) is 42.5 Å². The highest BCUT2D eigenvalue weighted by Gasteiger charge is 2.30. The molecule has 1 heterocycles. The maximum absolute atomic E-state index is 11.7. The fourth-order valence-electron chi connectivity index (χ4n) is 2.53. The van der Waals surface area contributed by atoms with Crippen LogP contribution in [0.1, 0.15) is 23.3 Å². The summed E-state index contributed by atoms with van der Waals surface area (Å²) in [7, 11) is 0. The molecule has 1 aromatic carbocycles. The predicted molar refractivity (Wildman–Crippen MR) is 92.7 cm³/mol. The molecule has 1 amide bonds. The van der Waals surface area contributed by atoms with Gasteiger partial charge in [0.15, 0.2) is 0 Å². The van der Waals surface area contributed by atoms with Crippen LogP contribution < -0.4 is 10.6 Å². The minimum atomic E-state index is -0.345. The Kier molecular flexibility index (Phi) is 5.54. The third-order valence-corrected chi connectivity index (χ3v) is 5.10. The zero-order valence-electron chi connectivity index (χ0n) is 12.6. The standard InChI is InChI=1S/C17H19ClN2O2S/c18-16-7-6-15(23-16)10-19-13-8-14(9-13)20-17(21)22-11-12-4-2-1-3-5-12/h1-7,13-14,19H,8-11H2,(H,20,21). The molecule has 1 aliphatic carbocycles. The van der Waals surface area contributed by atoms with Gasteiger partial charge in [-0.2, -0.15) is 0 Å². The van der Waals surface area contributed by atoms with Crippen molar-refractivity contribution in [3.8, 4) is 0 Å². The topological polar surface area (TPSA) is 50.4 Å². The molecule has 0 aliphatic heterocycles. The first-order chi connectivity index (χ1) is 11.2. The van der Waals surface area contributed by atoms with Crippen molar-refractivity contribution in [3.63, 3.8) is 0 Å². The third-order valence-electron chi connectivity index (χ3n) is 3.87. The van der Waals surface area contributed by atoms with Crippen LogP contribution in [0.5, 0.6) is 0 Å². The molecule has 1 fully saturated rings. The number of thiophene rings is 1. The Morgan fingerprint density at radius 1 is 1.17 bits per heavy atom. The molecule has 0 unspecified atom stereocenters. The Hall–Kier alpha value is -1.56. The van der Waals surface area contributed by atoms with Crippen molar-refractivity contribution in [1.82, 2.24) is 10.6 Å². The summed E-state index contributed by atoms with van der Waals surface area (Å²) >= 11 is 7.50. The number of rotatable bonds is 6. The molecule has 6 heteroatoms. The summed E-state index contributed by atoms with van der Waals surface area (Å²) in [4.78, 5) is 13.0. The minimum absolute atomic E-state index is 0.197. The molecule has 3 rings (SSSR count). The van der Waals surface area contributed by atoms with Gasteiger partial charge >= 0.3 is 6.09 Å². The molecule has 0 radical (unpaired) electrons. The van der Waals surface area contributed by atoms with Crippen molar-refractivity contribution in [2.45, 2.75) is 38.1 Å². The summed E-state index contributed by atoms with van der Waals surface area (Å²) in [5.41, 5.74) is 0.991. The van der Waals surface area contributed by atoms with E-state index in [0.29, 0.717) is 12.6 Å². The van der Waals surface area contributed by atoms with E-state index < -0.39 is 0 Å². The lowest BCUT2D eigenvalue weighted by atomic mass is 9.87. The van der Waals surface area contributed by atoms with Gasteiger partial charge in [0.25, 0.3) is 0 Å². The SMILES string of the molecule is O=C(NC1CC(NCc2ccc(Cl)s2)C1)OCc1ccccc1. The second kappa shape index (κ2) is 7.81. The Balaban J connectivity index is 1.30. The van der Waals surface area contributed by atoms with Crippen molar-refractivity contribution >= 4 is 29.0 Å². The van der Waals surface area contributed by atoms with Gasteiger partial charge in [-0.1, -0.05) is 41.9 Å². The summed E-state index contributed by atoms with van der Waals surface area (Å²) in [5, 5.41) is 6.37. The van der Waals surface area contributed by atoms with Crippen LogP contribution in [0, 0.1) is 0 Å². The van der Waals surface area contributed by atoms with Crippen LogP contribution in [0.3, 0.4) is 0 Å². The number of halogens is 1. The van der Waals surface area contributed by atoms with E-state index in [-0.39, 0.29) is 12.1 Å². The van der Waals surface area contributed by atoms with E-state index in [2.05, 4.69) is 10.6 Å². The van der Waals surface area contributed by atoms with Crippen LogP contribution in [0.4, 0.5) is 4.79 Å². The Bertz CT molecular complexity index is 641. The van der Waals surface area contributed by atoms with Crippen LogP contribution in [-0.4, -0.2) is 18.2 Å². The second-order valence-electron chi connectivity index (χ2n) is 5.66. The van der Waals surface area contributed by atoms with Crippen LogP contribution in [0.25, 0.3) is 0 Å². The maximum atomic E-state index is 11.7. The molecule has 0 bridgehead atoms. The van der Waals surface area contributed by atoms with Crippen LogP contribution in [-0.2, 0) is 17.9 Å². The van der Waals surface area contributed by atoms with E-state index >= 15 is 0 Å². The van der Waals surface area contributed by atoms with Gasteiger partial charge in [-0.25, -0.2) is 4.79 Å². The van der Waals surface area contributed by atoms with Gasteiger partial charge < -0.3 is 15.4 Å². The average molecular weight is 351 g/mol. The van der Waals surface area contributed by atoms with Crippen molar-refractivity contribution in [1.29, 1.82) is 0 Å². The summed E-state index contributed by atoms with van der Waals surface area (Å²) in [6.07, 6.45) is 1.52. The van der Waals surface area contributed by atoms with Gasteiger partial charge in [0.1, 0.15) is 6.61 Å². The molecular weight excluding hydrogens is 332 g/mol. The maximum Gasteiger partial charge on any atom is 0.407 e. The first kappa shape index (κ1) is 16.3. The smallest absolute Gasteiger partial charge is 0.407 e. The fourth-order valence-corrected chi connectivity index (χ4v) is 3.56. The zero-order valence-corrected chi connectivity index (χ0v) is 14.2. The molecule has 1 aromatic heterocycles. The van der Waals surface area contributed by atoms with E-state index in [1.54, 1.807) is 11.3 Å². The average Bonchev–Trinajstić information content (AvgIpc) is 2.94. The molecule has 122 valence electrons. The van der Waals surface area contributed by atoms with Gasteiger partial charge in [-0.15, -0.1) is 11.3 Å². The second-order valence-corrected chi connectivity index (χ2v) is 7.46. The molecule has 0 saturated heterocycles. The van der Waals surface area contributed by atoms with Gasteiger partial charge in [-0.05, 0) is 30.5 Å². The van der Waals surface area contributed by atoms with Crippen molar-refractivity contribution in [2.24, 2.45) is 0 Å². The quantitative estimate of drug-likeness (QED) is 0.829. The summed E-state index contributed by atoms with van der Waals surface area (Å²) < 4.78 is 6.03. The highest BCUT2D eigenvalue weighted by molar-refractivity contribution is 7.16. The molecule has 1 aliphatic rings. The summed E-state index contributed by atoms with van der Waals surface area (Å²) in [5.74, 6) is 0. The molecule has 2 aromatic rings. The lowest BCUT2D eigenvalue weighted by Crippen LogP contribution is -2.52.